The number of benzene rings is 3. The van der Waals surface area contributed by atoms with Crippen molar-refractivity contribution in [2.75, 3.05) is 18.2 Å². The lowest BCUT2D eigenvalue weighted by Gasteiger charge is -2.32. The summed E-state index contributed by atoms with van der Waals surface area (Å²) < 4.78 is 5.27. The van der Waals surface area contributed by atoms with Crippen molar-refractivity contribution >= 4 is 29.3 Å². The third-order valence-electron chi connectivity index (χ3n) is 7.05. The molecule has 0 saturated carbocycles. The molecule has 8 heteroatoms. The standard InChI is InChI=1S/C34H38N4O3S/c1-22(2)26-11-13-27(14-12-26)32(33(40)37-29-15-17-30(41-6)18-16-29)38(20-28-10-8-7-9-23(28)3)31(39)21-42-34-35-24(4)19-25(5)36-34/h7-19,22,32H,20-21H2,1-6H3,(H,37,40)/t32-/m1/s1. The van der Waals surface area contributed by atoms with Gasteiger partial charge in [0.05, 0.1) is 12.9 Å². The number of nitrogens with zero attached hydrogens (tertiary/aromatic N) is 3. The van der Waals surface area contributed by atoms with Crippen LogP contribution in [0.1, 0.15) is 59.4 Å². The molecule has 3 aromatic carbocycles. The van der Waals surface area contributed by atoms with E-state index in [0.717, 1.165) is 33.6 Å². The van der Waals surface area contributed by atoms with Gasteiger partial charge in [0, 0.05) is 23.6 Å². The van der Waals surface area contributed by atoms with Gasteiger partial charge in [-0.2, -0.15) is 0 Å². The maximum absolute atomic E-state index is 14.1. The average Bonchev–Trinajstić information content (AvgIpc) is 2.96. The number of thioether (sulfide) groups is 1. The minimum atomic E-state index is -0.874. The molecule has 4 rings (SSSR count). The van der Waals surface area contributed by atoms with E-state index in [9.17, 15) is 9.59 Å². The molecule has 1 N–H and O–H groups in total. The number of anilines is 1. The summed E-state index contributed by atoms with van der Waals surface area (Å²) in [7, 11) is 1.60. The van der Waals surface area contributed by atoms with Crippen LogP contribution >= 0.6 is 11.8 Å². The third kappa shape index (κ3) is 7.97. The van der Waals surface area contributed by atoms with Gasteiger partial charge in [-0.1, -0.05) is 74.1 Å². The number of methoxy groups -OCH3 is 1. The van der Waals surface area contributed by atoms with E-state index >= 15 is 0 Å². The summed E-state index contributed by atoms with van der Waals surface area (Å²) in [5, 5.41) is 3.57. The van der Waals surface area contributed by atoms with Crippen LogP contribution in [0.25, 0.3) is 0 Å². The van der Waals surface area contributed by atoms with Crippen LogP contribution in [0.5, 0.6) is 5.75 Å². The highest BCUT2D eigenvalue weighted by molar-refractivity contribution is 7.99. The van der Waals surface area contributed by atoms with Crippen LogP contribution in [-0.4, -0.2) is 39.5 Å². The molecule has 4 aromatic rings. The van der Waals surface area contributed by atoms with Crippen molar-refractivity contribution in [3.63, 3.8) is 0 Å². The van der Waals surface area contributed by atoms with E-state index in [4.69, 9.17) is 4.74 Å². The van der Waals surface area contributed by atoms with Gasteiger partial charge in [-0.15, -0.1) is 0 Å². The van der Waals surface area contributed by atoms with E-state index in [1.165, 1.54) is 11.8 Å². The number of ether oxygens (including phenoxy) is 1. The van der Waals surface area contributed by atoms with Crippen molar-refractivity contribution in [3.8, 4) is 5.75 Å². The second-order valence-electron chi connectivity index (χ2n) is 10.6. The van der Waals surface area contributed by atoms with E-state index in [1.54, 1.807) is 36.3 Å². The van der Waals surface area contributed by atoms with Crippen LogP contribution < -0.4 is 10.1 Å². The molecule has 1 atom stereocenters. The molecule has 7 nitrogen and oxygen atoms in total. The lowest BCUT2D eigenvalue weighted by atomic mass is 9.97. The quantitative estimate of drug-likeness (QED) is 0.151. The van der Waals surface area contributed by atoms with E-state index in [2.05, 4.69) is 29.1 Å². The zero-order chi connectivity index (χ0) is 30.2. The maximum Gasteiger partial charge on any atom is 0.251 e. The van der Waals surface area contributed by atoms with Crippen LogP contribution in [0.4, 0.5) is 5.69 Å². The molecule has 0 radical (unpaired) electrons. The Kier molecular flexibility index (Phi) is 10.4. The molecule has 0 unspecified atom stereocenters. The first-order chi connectivity index (χ1) is 20.1. The Labute approximate surface area is 252 Å². The molecule has 2 amide bonds. The van der Waals surface area contributed by atoms with Gasteiger partial charge in [-0.05, 0) is 79.3 Å². The van der Waals surface area contributed by atoms with Crippen molar-refractivity contribution in [2.24, 2.45) is 0 Å². The van der Waals surface area contributed by atoms with Crippen molar-refractivity contribution < 1.29 is 14.3 Å². The number of aromatic nitrogens is 2. The van der Waals surface area contributed by atoms with Crippen LogP contribution in [0.3, 0.4) is 0 Å². The SMILES string of the molecule is COc1ccc(NC(=O)[C@@H](c2ccc(C(C)C)cc2)N(Cc2ccccc2C)C(=O)CSc2nc(C)cc(C)n2)cc1. The molecule has 1 heterocycles. The predicted octanol–water partition coefficient (Wildman–Crippen LogP) is 7.03. The Balaban J connectivity index is 1.73. The topological polar surface area (TPSA) is 84.4 Å². The summed E-state index contributed by atoms with van der Waals surface area (Å²) >= 11 is 1.28. The number of carbonyl (C=O) groups excluding carboxylic acids is 2. The second-order valence-corrected chi connectivity index (χ2v) is 11.6. The highest BCUT2D eigenvalue weighted by Gasteiger charge is 2.32. The Morgan fingerprint density at radius 1 is 0.881 bits per heavy atom. The Morgan fingerprint density at radius 2 is 1.50 bits per heavy atom. The number of nitrogens with one attached hydrogen (secondary N) is 1. The van der Waals surface area contributed by atoms with Crippen molar-refractivity contribution in [3.05, 3.63) is 113 Å². The van der Waals surface area contributed by atoms with Gasteiger partial charge in [0.15, 0.2) is 5.16 Å². The van der Waals surface area contributed by atoms with Gasteiger partial charge < -0.3 is 15.0 Å². The molecule has 218 valence electrons. The van der Waals surface area contributed by atoms with Gasteiger partial charge in [0.2, 0.25) is 5.91 Å². The summed E-state index contributed by atoms with van der Waals surface area (Å²) in [6.45, 7) is 10.4. The van der Waals surface area contributed by atoms with Crippen molar-refractivity contribution in [1.82, 2.24) is 14.9 Å². The largest absolute Gasteiger partial charge is 0.497 e. The van der Waals surface area contributed by atoms with Crippen LogP contribution in [-0.2, 0) is 16.1 Å². The maximum atomic E-state index is 14.1. The number of amides is 2. The number of carbonyl (C=O) groups is 2. The first-order valence-corrected chi connectivity index (χ1v) is 15.0. The predicted molar refractivity (Wildman–Crippen MR) is 169 cm³/mol. The summed E-state index contributed by atoms with van der Waals surface area (Å²) in [4.78, 5) is 38.8. The number of hydrogen-bond donors (Lipinski definition) is 1. The summed E-state index contributed by atoms with van der Waals surface area (Å²) in [6.07, 6.45) is 0. The zero-order valence-corrected chi connectivity index (χ0v) is 25.9. The van der Waals surface area contributed by atoms with Crippen molar-refractivity contribution in [2.45, 2.75) is 58.3 Å². The zero-order valence-electron chi connectivity index (χ0n) is 25.0. The van der Waals surface area contributed by atoms with Gasteiger partial charge in [0.25, 0.3) is 5.91 Å². The van der Waals surface area contributed by atoms with Gasteiger partial charge >= 0.3 is 0 Å². The van der Waals surface area contributed by atoms with E-state index in [1.807, 2.05) is 75.4 Å². The number of aryl methyl sites for hydroxylation is 3. The lowest BCUT2D eigenvalue weighted by Crippen LogP contribution is -2.42. The smallest absolute Gasteiger partial charge is 0.251 e. The molecule has 0 fully saturated rings. The lowest BCUT2D eigenvalue weighted by molar-refractivity contribution is -0.137. The number of rotatable bonds is 11. The normalized spacial score (nSPS) is 11.7. The second kappa shape index (κ2) is 14.1. The van der Waals surface area contributed by atoms with Crippen LogP contribution in [0.15, 0.2) is 84.0 Å². The molecule has 0 bridgehead atoms. The molecule has 0 aliphatic carbocycles. The Bertz CT molecular complexity index is 1500. The fourth-order valence-corrected chi connectivity index (χ4v) is 5.52. The van der Waals surface area contributed by atoms with E-state index < -0.39 is 6.04 Å². The molecule has 0 spiro atoms. The molecule has 0 aliphatic heterocycles. The first kappa shape index (κ1) is 30.8. The molecule has 42 heavy (non-hydrogen) atoms. The Hall–Kier alpha value is -4.17. The molecule has 0 saturated heterocycles. The monoisotopic (exact) mass is 582 g/mol. The van der Waals surface area contributed by atoms with Crippen LogP contribution in [0.2, 0.25) is 0 Å². The van der Waals surface area contributed by atoms with Crippen LogP contribution in [0, 0.1) is 20.8 Å². The highest BCUT2D eigenvalue weighted by Crippen LogP contribution is 2.29. The first-order valence-electron chi connectivity index (χ1n) is 14.0. The third-order valence-corrected chi connectivity index (χ3v) is 7.88. The molecule has 0 aliphatic rings. The number of hydrogen-bond acceptors (Lipinski definition) is 6. The molecular formula is C34H38N4O3S. The van der Waals surface area contributed by atoms with Gasteiger partial charge in [-0.3, -0.25) is 9.59 Å². The fourth-order valence-electron chi connectivity index (χ4n) is 4.68. The van der Waals surface area contributed by atoms with E-state index in [0.29, 0.717) is 22.5 Å². The summed E-state index contributed by atoms with van der Waals surface area (Å²) in [5.74, 6) is 0.631. The molecule has 1 aromatic heterocycles. The highest BCUT2D eigenvalue weighted by atomic mass is 32.2. The van der Waals surface area contributed by atoms with Crippen molar-refractivity contribution in [1.29, 1.82) is 0 Å². The summed E-state index contributed by atoms with van der Waals surface area (Å²) in [5.41, 5.74) is 6.22. The van der Waals surface area contributed by atoms with E-state index in [-0.39, 0.29) is 24.1 Å². The Morgan fingerprint density at radius 3 is 2.10 bits per heavy atom. The average molecular weight is 583 g/mol. The fraction of sp³-hybridized carbons (Fsp3) is 0.294. The van der Waals surface area contributed by atoms with Gasteiger partial charge in [-0.25, -0.2) is 9.97 Å². The summed E-state index contributed by atoms with van der Waals surface area (Å²) in [6, 6.07) is 24.1. The molecular weight excluding hydrogens is 544 g/mol. The minimum Gasteiger partial charge on any atom is -0.497 e. The van der Waals surface area contributed by atoms with Gasteiger partial charge in [0.1, 0.15) is 11.8 Å². The minimum absolute atomic E-state index is 0.0885.